The summed E-state index contributed by atoms with van der Waals surface area (Å²) in [6.45, 7) is -0.191. The zero-order chi connectivity index (χ0) is 27.1. The van der Waals surface area contributed by atoms with Gasteiger partial charge in [0.2, 0.25) is 5.95 Å². The number of β-amino-alcohol motifs (C(OH)–C–C–N with tert-alkyl or cyclic N) is 1. The van der Waals surface area contributed by atoms with Gasteiger partial charge in [0, 0.05) is 36.1 Å². The van der Waals surface area contributed by atoms with Crippen LogP contribution < -0.4 is 15.1 Å². The summed E-state index contributed by atoms with van der Waals surface area (Å²) in [4.78, 5) is 12.3. The normalized spacial score (nSPS) is 22.5. The number of halogens is 4. The topological polar surface area (TPSA) is 84.8 Å². The Labute approximate surface area is 220 Å². The summed E-state index contributed by atoms with van der Waals surface area (Å²) in [6.07, 6.45) is -2.79. The van der Waals surface area contributed by atoms with Crippen LogP contribution in [0.15, 0.2) is 48.5 Å². The van der Waals surface area contributed by atoms with E-state index in [1.54, 1.807) is 18.2 Å². The number of piperazine rings is 1. The molecule has 4 heterocycles. The summed E-state index contributed by atoms with van der Waals surface area (Å²) in [7, 11) is 0. The predicted molar refractivity (Wildman–Crippen MR) is 139 cm³/mol. The molecule has 2 bridgehead atoms. The number of alkyl halides is 3. The molecule has 0 amide bonds. The van der Waals surface area contributed by atoms with E-state index in [4.69, 9.17) is 0 Å². The minimum absolute atomic E-state index is 0.0180. The van der Waals surface area contributed by atoms with Crippen molar-refractivity contribution in [1.29, 1.82) is 0 Å². The highest BCUT2D eigenvalue weighted by atomic mass is 19.4. The van der Waals surface area contributed by atoms with E-state index in [9.17, 15) is 23.4 Å². The standard InChI is InChI=1S/C28H25F4N5O2/c29-23-20(22-10-18(38)9-15-3-1-2-4-19(15)22)7-8-21-24(23)34-26(37-13-27(39,14-37)28(30,31)32)35-25(21)36-11-16-5-6-17(12-36)33-16/h1-4,7-10,16-17,33,38-39H,5-6,11-14H2. The highest BCUT2D eigenvalue weighted by Gasteiger charge is 2.61. The SMILES string of the molecule is Oc1cc(-c2ccc3c(N4CC5CCC(C4)N5)nc(N4CC(O)(C(F)(F)F)C4)nc3c2F)c2ccccc2c1. The van der Waals surface area contributed by atoms with Gasteiger partial charge in [-0.1, -0.05) is 30.3 Å². The molecule has 0 saturated carbocycles. The molecule has 7 rings (SSSR count). The number of hydrogen-bond donors (Lipinski definition) is 3. The molecule has 0 radical (unpaired) electrons. The summed E-state index contributed by atoms with van der Waals surface area (Å²) < 4.78 is 56.4. The van der Waals surface area contributed by atoms with Crippen LogP contribution in [0.4, 0.5) is 29.3 Å². The average molecular weight is 540 g/mol. The molecule has 3 fully saturated rings. The quantitative estimate of drug-likeness (QED) is 0.334. The van der Waals surface area contributed by atoms with Gasteiger partial charge >= 0.3 is 6.18 Å². The molecule has 0 spiro atoms. The maximum Gasteiger partial charge on any atom is 0.420 e. The molecule has 3 N–H and O–H groups in total. The van der Waals surface area contributed by atoms with Gasteiger partial charge in [-0.3, -0.25) is 0 Å². The molecule has 11 heteroatoms. The van der Waals surface area contributed by atoms with Crippen LogP contribution in [0.25, 0.3) is 32.8 Å². The zero-order valence-corrected chi connectivity index (χ0v) is 20.7. The van der Waals surface area contributed by atoms with Crippen molar-refractivity contribution >= 4 is 33.4 Å². The number of rotatable bonds is 3. The monoisotopic (exact) mass is 539 g/mol. The van der Waals surface area contributed by atoms with Crippen LogP contribution in [0.3, 0.4) is 0 Å². The van der Waals surface area contributed by atoms with Crippen molar-refractivity contribution in [3.8, 4) is 16.9 Å². The number of hydrogen-bond acceptors (Lipinski definition) is 7. The average Bonchev–Trinajstić information content (AvgIpc) is 3.22. The van der Waals surface area contributed by atoms with E-state index < -0.39 is 30.7 Å². The molecule has 3 aromatic carbocycles. The summed E-state index contributed by atoms with van der Waals surface area (Å²) in [5.41, 5.74) is -2.20. The number of benzene rings is 3. The summed E-state index contributed by atoms with van der Waals surface area (Å²) >= 11 is 0. The lowest BCUT2D eigenvalue weighted by atomic mass is 9.94. The summed E-state index contributed by atoms with van der Waals surface area (Å²) in [5.74, 6) is -0.273. The van der Waals surface area contributed by atoms with E-state index in [0.29, 0.717) is 29.9 Å². The third kappa shape index (κ3) is 3.86. The van der Waals surface area contributed by atoms with Crippen LogP contribution in [0.2, 0.25) is 0 Å². The number of nitrogens with one attached hydrogen (secondary N) is 1. The second-order valence-corrected chi connectivity index (χ2v) is 10.8. The van der Waals surface area contributed by atoms with Crippen molar-refractivity contribution in [2.24, 2.45) is 0 Å². The van der Waals surface area contributed by atoms with Crippen molar-refractivity contribution in [3.63, 3.8) is 0 Å². The van der Waals surface area contributed by atoms with E-state index in [1.165, 1.54) is 11.0 Å². The fraction of sp³-hybridized carbons (Fsp3) is 0.357. The highest BCUT2D eigenvalue weighted by molar-refractivity contribution is 6.01. The van der Waals surface area contributed by atoms with E-state index >= 15 is 4.39 Å². The van der Waals surface area contributed by atoms with Gasteiger partial charge in [-0.15, -0.1) is 0 Å². The number of nitrogens with zero attached hydrogens (tertiary/aromatic N) is 4. The largest absolute Gasteiger partial charge is 0.508 e. The molecular formula is C28H25F4N5O2. The zero-order valence-electron chi connectivity index (χ0n) is 20.7. The Hall–Kier alpha value is -3.70. The van der Waals surface area contributed by atoms with Gasteiger partial charge < -0.3 is 25.3 Å². The Morgan fingerprint density at radius 2 is 1.62 bits per heavy atom. The predicted octanol–water partition coefficient (Wildman–Crippen LogP) is 4.35. The van der Waals surface area contributed by atoms with Crippen LogP contribution in [-0.2, 0) is 0 Å². The van der Waals surface area contributed by atoms with Crippen molar-refractivity contribution < 1.29 is 27.8 Å². The summed E-state index contributed by atoms with van der Waals surface area (Å²) in [5, 5.41) is 25.8. The Bertz CT molecular complexity index is 1610. The van der Waals surface area contributed by atoms with Gasteiger partial charge in [0.1, 0.15) is 17.1 Å². The molecule has 4 aromatic rings. The van der Waals surface area contributed by atoms with Crippen LogP contribution in [0.1, 0.15) is 12.8 Å². The maximum atomic E-state index is 16.4. The number of fused-ring (bicyclic) bond motifs is 4. The molecule has 3 aliphatic heterocycles. The van der Waals surface area contributed by atoms with E-state index in [2.05, 4.69) is 15.3 Å². The Kier molecular flexibility index (Phi) is 5.24. The number of aromatic nitrogens is 2. The lowest BCUT2D eigenvalue weighted by Crippen LogP contribution is -2.69. The molecular weight excluding hydrogens is 514 g/mol. The number of anilines is 2. The van der Waals surface area contributed by atoms with Gasteiger partial charge in [0.05, 0.1) is 13.1 Å². The first-order valence-electron chi connectivity index (χ1n) is 12.9. The van der Waals surface area contributed by atoms with Crippen LogP contribution in [0, 0.1) is 5.82 Å². The van der Waals surface area contributed by atoms with E-state index in [1.807, 2.05) is 29.2 Å². The Morgan fingerprint density at radius 1 is 0.897 bits per heavy atom. The minimum Gasteiger partial charge on any atom is -0.508 e. The van der Waals surface area contributed by atoms with Crippen molar-refractivity contribution in [1.82, 2.24) is 15.3 Å². The fourth-order valence-electron chi connectivity index (χ4n) is 6.12. The Morgan fingerprint density at radius 3 is 2.33 bits per heavy atom. The maximum absolute atomic E-state index is 16.4. The molecule has 7 nitrogen and oxygen atoms in total. The van der Waals surface area contributed by atoms with Gasteiger partial charge in [0.15, 0.2) is 11.4 Å². The molecule has 3 aliphatic rings. The molecule has 1 aromatic heterocycles. The van der Waals surface area contributed by atoms with Crippen molar-refractivity contribution in [3.05, 3.63) is 54.3 Å². The minimum atomic E-state index is -4.80. The molecule has 3 saturated heterocycles. The lowest BCUT2D eigenvalue weighted by molar-refractivity contribution is -0.267. The van der Waals surface area contributed by atoms with Gasteiger partial charge in [-0.05, 0) is 47.4 Å². The number of phenols is 1. The lowest BCUT2D eigenvalue weighted by Gasteiger charge is -2.47. The summed E-state index contributed by atoms with van der Waals surface area (Å²) in [6, 6.07) is 14.3. The second-order valence-electron chi connectivity index (χ2n) is 10.8. The number of phenolic OH excluding ortho intramolecular Hbond substituents is 1. The van der Waals surface area contributed by atoms with Crippen molar-refractivity contribution in [2.45, 2.75) is 36.7 Å². The number of aliphatic hydroxyl groups is 1. The van der Waals surface area contributed by atoms with Gasteiger partial charge in [-0.2, -0.15) is 18.2 Å². The van der Waals surface area contributed by atoms with Crippen LogP contribution in [-0.4, -0.2) is 70.2 Å². The Balaban J connectivity index is 1.39. The third-order valence-electron chi connectivity index (χ3n) is 8.14. The van der Waals surface area contributed by atoms with E-state index in [0.717, 1.165) is 23.6 Å². The third-order valence-corrected chi connectivity index (χ3v) is 8.14. The molecule has 202 valence electrons. The highest BCUT2D eigenvalue weighted by Crippen LogP contribution is 2.42. The van der Waals surface area contributed by atoms with E-state index in [-0.39, 0.29) is 34.9 Å². The molecule has 39 heavy (non-hydrogen) atoms. The molecule has 0 aliphatic carbocycles. The van der Waals surface area contributed by atoms with Gasteiger partial charge in [0.25, 0.3) is 0 Å². The van der Waals surface area contributed by atoms with Gasteiger partial charge in [-0.25, -0.2) is 9.37 Å². The van der Waals surface area contributed by atoms with Crippen LogP contribution in [0.5, 0.6) is 5.75 Å². The first-order chi connectivity index (χ1) is 18.6. The second kappa shape index (κ2) is 8.40. The fourth-order valence-corrected chi connectivity index (χ4v) is 6.12. The first-order valence-corrected chi connectivity index (χ1v) is 12.9. The number of aromatic hydroxyl groups is 1. The molecule has 2 atom stereocenters. The van der Waals surface area contributed by atoms with Crippen molar-refractivity contribution in [2.75, 3.05) is 36.0 Å². The first kappa shape index (κ1) is 24.3. The smallest absolute Gasteiger partial charge is 0.420 e. The van der Waals surface area contributed by atoms with Crippen LogP contribution >= 0.6 is 0 Å². The molecule has 2 unspecified atom stereocenters.